The second kappa shape index (κ2) is 10.5. The fraction of sp³-hybridized carbons (Fsp3) is 0.435. The van der Waals surface area contributed by atoms with E-state index in [1.54, 1.807) is 29.2 Å². The van der Waals surface area contributed by atoms with Crippen LogP contribution in [0.25, 0.3) is 0 Å². The van der Waals surface area contributed by atoms with Crippen molar-refractivity contribution >= 4 is 17.7 Å². The molecule has 2 unspecified atom stereocenters. The quantitative estimate of drug-likeness (QED) is 0.486. The van der Waals surface area contributed by atoms with E-state index in [1.165, 1.54) is 18.3 Å². The number of hydrogen-bond acceptors (Lipinski definition) is 4. The number of rotatable bonds is 6. The molecule has 1 fully saturated rings. The van der Waals surface area contributed by atoms with Crippen LogP contribution in [0.15, 0.2) is 60.0 Å². The molecule has 0 bridgehead atoms. The lowest BCUT2D eigenvalue weighted by molar-refractivity contribution is 0.0111. The average Bonchev–Trinajstić information content (AvgIpc) is 2.69. The standard InChI is InChI=1S/C23H30ClFN2O3/c1-16(5-8-19(24)13-26)29-15-18-11-12-27(22(28)30-23(2,3)4)14-21(18)17-6-9-20(25)10-7-17/h5-10,13,18,21H,1,11-12,14-15,26H2,2-4H3/b8-5-,19-13+. The molecule has 1 amide bonds. The van der Waals surface area contributed by atoms with Crippen LogP contribution in [0, 0.1) is 11.7 Å². The number of benzene rings is 1. The first-order chi connectivity index (χ1) is 14.1. The molecular weight excluding hydrogens is 407 g/mol. The molecule has 0 spiro atoms. The van der Waals surface area contributed by atoms with Gasteiger partial charge in [-0.15, -0.1) is 0 Å². The fourth-order valence-corrected chi connectivity index (χ4v) is 3.33. The lowest BCUT2D eigenvalue weighted by atomic mass is 9.81. The molecule has 5 nitrogen and oxygen atoms in total. The van der Waals surface area contributed by atoms with E-state index in [9.17, 15) is 9.18 Å². The summed E-state index contributed by atoms with van der Waals surface area (Å²) in [5, 5.41) is 0.384. The van der Waals surface area contributed by atoms with Crippen LogP contribution in [0.1, 0.15) is 38.7 Å². The molecule has 0 radical (unpaired) electrons. The maximum Gasteiger partial charge on any atom is 0.410 e. The first-order valence-corrected chi connectivity index (χ1v) is 10.3. The Morgan fingerprint density at radius 1 is 1.33 bits per heavy atom. The van der Waals surface area contributed by atoms with Gasteiger partial charge in [0.15, 0.2) is 0 Å². The number of amides is 1. The fourth-order valence-electron chi connectivity index (χ4n) is 3.27. The van der Waals surface area contributed by atoms with Gasteiger partial charge < -0.3 is 20.1 Å². The second-order valence-corrected chi connectivity index (χ2v) is 8.73. The summed E-state index contributed by atoms with van der Waals surface area (Å²) in [5.41, 5.74) is 5.72. The summed E-state index contributed by atoms with van der Waals surface area (Å²) >= 11 is 5.84. The molecule has 1 heterocycles. The Morgan fingerprint density at radius 2 is 2.00 bits per heavy atom. The molecule has 1 aromatic carbocycles. The van der Waals surface area contributed by atoms with Gasteiger partial charge in [0, 0.05) is 31.1 Å². The van der Waals surface area contributed by atoms with Gasteiger partial charge in [0.25, 0.3) is 0 Å². The van der Waals surface area contributed by atoms with E-state index in [4.69, 9.17) is 26.8 Å². The average molecular weight is 437 g/mol. The lowest BCUT2D eigenvalue weighted by Crippen LogP contribution is -2.45. The Balaban J connectivity index is 2.10. The summed E-state index contributed by atoms with van der Waals surface area (Å²) in [6.45, 7) is 10.8. The lowest BCUT2D eigenvalue weighted by Gasteiger charge is -2.39. The summed E-state index contributed by atoms with van der Waals surface area (Å²) in [7, 11) is 0. The Kier molecular flexibility index (Phi) is 8.35. The zero-order chi connectivity index (χ0) is 22.3. The number of hydrogen-bond donors (Lipinski definition) is 1. The van der Waals surface area contributed by atoms with Crippen LogP contribution < -0.4 is 5.73 Å². The van der Waals surface area contributed by atoms with Crippen LogP contribution in [0.5, 0.6) is 0 Å². The topological polar surface area (TPSA) is 64.8 Å². The molecule has 7 heteroatoms. The smallest absolute Gasteiger partial charge is 0.410 e. The predicted molar refractivity (Wildman–Crippen MR) is 117 cm³/mol. The Hall–Kier alpha value is -2.47. The number of carbonyl (C=O) groups is 1. The number of halogens is 2. The van der Waals surface area contributed by atoms with Crippen molar-refractivity contribution in [2.75, 3.05) is 19.7 Å². The first kappa shape index (κ1) is 23.8. The monoisotopic (exact) mass is 436 g/mol. The van der Waals surface area contributed by atoms with Crippen LogP contribution in [0.2, 0.25) is 0 Å². The highest BCUT2D eigenvalue weighted by Crippen LogP contribution is 2.34. The van der Waals surface area contributed by atoms with E-state index in [-0.39, 0.29) is 23.7 Å². The molecule has 0 saturated carbocycles. The van der Waals surface area contributed by atoms with Crippen molar-refractivity contribution in [1.82, 2.24) is 4.90 Å². The maximum absolute atomic E-state index is 13.4. The number of carbonyl (C=O) groups excluding carboxylic acids is 1. The third kappa shape index (κ3) is 7.41. The highest BCUT2D eigenvalue weighted by molar-refractivity contribution is 6.31. The SMILES string of the molecule is C=C(/C=C\C(Cl)=C/N)OCC1CCN(C(=O)OC(C)(C)C)CC1c1ccc(F)cc1. The first-order valence-electron chi connectivity index (χ1n) is 9.89. The van der Waals surface area contributed by atoms with Gasteiger partial charge in [-0.25, -0.2) is 9.18 Å². The minimum absolute atomic E-state index is 0.0174. The third-order valence-electron chi connectivity index (χ3n) is 4.78. The summed E-state index contributed by atoms with van der Waals surface area (Å²) in [4.78, 5) is 14.3. The molecule has 2 atom stereocenters. The van der Waals surface area contributed by atoms with Gasteiger partial charge >= 0.3 is 6.09 Å². The maximum atomic E-state index is 13.4. The molecule has 1 saturated heterocycles. The van der Waals surface area contributed by atoms with Gasteiger partial charge in [0.1, 0.15) is 17.2 Å². The van der Waals surface area contributed by atoms with E-state index in [1.807, 2.05) is 20.8 Å². The zero-order valence-corrected chi connectivity index (χ0v) is 18.5. The molecule has 164 valence electrons. The van der Waals surface area contributed by atoms with Gasteiger partial charge in [0.05, 0.1) is 11.6 Å². The van der Waals surface area contributed by atoms with E-state index in [0.717, 1.165) is 12.0 Å². The van der Waals surface area contributed by atoms with Crippen molar-refractivity contribution < 1.29 is 18.7 Å². The van der Waals surface area contributed by atoms with Crippen molar-refractivity contribution in [3.05, 3.63) is 71.4 Å². The highest BCUT2D eigenvalue weighted by Gasteiger charge is 2.34. The summed E-state index contributed by atoms with van der Waals surface area (Å²) < 4.78 is 24.8. The van der Waals surface area contributed by atoms with Crippen molar-refractivity contribution in [1.29, 1.82) is 0 Å². The van der Waals surface area contributed by atoms with Crippen molar-refractivity contribution in [2.24, 2.45) is 11.7 Å². The van der Waals surface area contributed by atoms with E-state index in [2.05, 4.69) is 6.58 Å². The molecule has 1 aliphatic rings. The van der Waals surface area contributed by atoms with Gasteiger partial charge in [-0.2, -0.15) is 0 Å². The number of nitrogens with zero attached hydrogens (tertiary/aromatic N) is 1. The molecule has 0 aromatic heterocycles. The Bertz CT molecular complexity index is 800. The Morgan fingerprint density at radius 3 is 2.60 bits per heavy atom. The number of ether oxygens (including phenoxy) is 2. The molecule has 30 heavy (non-hydrogen) atoms. The number of likely N-dealkylation sites (tertiary alicyclic amines) is 1. The number of allylic oxidation sites excluding steroid dienone is 3. The van der Waals surface area contributed by atoms with E-state index >= 15 is 0 Å². The summed E-state index contributed by atoms with van der Waals surface area (Å²) in [6.07, 6.45) is 4.91. The minimum Gasteiger partial charge on any atom is -0.494 e. The minimum atomic E-state index is -0.564. The molecule has 2 rings (SSSR count). The number of piperidine rings is 1. The van der Waals surface area contributed by atoms with Crippen LogP contribution in [-0.4, -0.2) is 36.3 Å². The molecule has 2 N–H and O–H groups in total. The van der Waals surface area contributed by atoms with Crippen LogP contribution >= 0.6 is 11.6 Å². The van der Waals surface area contributed by atoms with Gasteiger partial charge in [-0.3, -0.25) is 0 Å². The molecule has 1 aromatic rings. The Labute approximate surface area is 183 Å². The van der Waals surface area contributed by atoms with Crippen LogP contribution in [0.3, 0.4) is 0 Å². The molecule has 1 aliphatic heterocycles. The van der Waals surface area contributed by atoms with Crippen LogP contribution in [0.4, 0.5) is 9.18 Å². The van der Waals surface area contributed by atoms with E-state index in [0.29, 0.717) is 30.5 Å². The highest BCUT2D eigenvalue weighted by atomic mass is 35.5. The zero-order valence-electron chi connectivity index (χ0n) is 17.7. The van der Waals surface area contributed by atoms with Gasteiger partial charge in [-0.05, 0) is 57.0 Å². The summed E-state index contributed by atoms with van der Waals surface area (Å²) in [5.74, 6) is 0.271. The normalized spacial score (nSPS) is 20.3. The van der Waals surface area contributed by atoms with Crippen LogP contribution in [-0.2, 0) is 9.47 Å². The van der Waals surface area contributed by atoms with Crippen molar-refractivity contribution in [2.45, 2.75) is 38.7 Å². The van der Waals surface area contributed by atoms with Gasteiger partial charge in [-0.1, -0.05) is 30.3 Å². The second-order valence-electron chi connectivity index (χ2n) is 8.30. The van der Waals surface area contributed by atoms with Gasteiger partial charge in [0.2, 0.25) is 0 Å². The number of nitrogens with two attached hydrogens (primary N) is 1. The van der Waals surface area contributed by atoms with Crippen molar-refractivity contribution in [3.8, 4) is 0 Å². The predicted octanol–water partition coefficient (Wildman–Crippen LogP) is 5.29. The van der Waals surface area contributed by atoms with E-state index < -0.39 is 5.60 Å². The third-order valence-corrected chi connectivity index (χ3v) is 5.03. The molecule has 0 aliphatic carbocycles. The summed E-state index contributed by atoms with van der Waals surface area (Å²) in [6, 6.07) is 6.38. The largest absolute Gasteiger partial charge is 0.494 e. The molecular formula is C23H30ClFN2O3. The van der Waals surface area contributed by atoms with Crippen molar-refractivity contribution in [3.63, 3.8) is 0 Å².